The van der Waals surface area contributed by atoms with Crippen molar-refractivity contribution in [1.29, 1.82) is 0 Å². The highest BCUT2D eigenvalue weighted by molar-refractivity contribution is 6.32. The summed E-state index contributed by atoms with van der Waals surface area (Å²) >= 11 is 5.92. The first-order valence-corrected chi connectivity index (χ1v) is 6.66. The summed E-state index contributed by atoms with van der Waals surface area (Å²) in [7, 11) is 0. The molecule has 21 heavy (non-hydrogen) atoms. The molecule has 114 valence electrons. The number of halogens is 4. The highest BCUT2D eigenvalue weighted by Gasteiger charge is 2.31. The number of nitrogens with one attached hydrogen (secondary N) is 1. The first-order chi connectivity index (χ1) is 9.93. The lowest BCUT2D eigenvalue weighted by atomic mass is 10.2. The Hall–Kier alpha value is -1.67. The fraction of sp³-hybridized carbons (Fsp3) is 0.417. The molecule has 9 heteroatoms. The van der Waals surface area contributed by atoms with Crippen LogP contribution in [0.2, 0.25) is 5.02 Å². The second kappa shape index (κ2) is 6.40. The quantitative estimate of drug-likeness (QED) is 0.861. The van der Waals surface area contributed by atoms with Crippen LogP contribution >= 0.6 is 11.6 Å². The number of rotatable bonds is 5. The molecular weight excluding hydrogens is 307 g/mol. The molecule has 0 spiro atoms. The maximum Gasteiger partial charge on any atom is 0.416 e. The molecule has 1 heterocycles. The normalized spacial score (nSPS) is 11.9. The summed E-state index contributed by atoms with van der Waals surface area (Å²) in [6.07, 6.45) is -3.49. The van der Waals surface area contributed by atoms with Crippen molar-refractivity contribution in [2.45, 2.75) is 26.1 Å². The maximum atomic E-state index is 12.6. The van der Waals surface area contributed by atoms with E-state index in [0.717, 1.165) is 25.1 Å². The summed E-state index contributed by atoms with van der Waals surface area (Å²) in [4.78, 5) is 0. The van der Waals surface area contributed by atoms with Gasteiger partial charge in [-0.05, 0) is 41.6 Å². The molecule has 0 bridgehead atoms. The average molecular weight is 320 g/mol. The Morgan fingerprint density at radius 2 is 2.10 bits per heavy atom. The predicted molar refractivity (Wildman–Crippen MR) is 71.2 cm³/mol. The van der Waals surface area contributed by atoms with Gasteiger partial charge in [-0.2, -0.15) is 17.9 Å². The lowest BCUT2D eigenvalue weighted by molar-refractivity contribution is -0.137. The van der Waals surface area contributed by atoms with E-state index in [1.54, 1.807) is 0 Å². The van der Waals surface area contributed by atoms with Crippen LogP contribution in [0.1, 0.15) is 24.7 Å². The molecule has 1 aromatic carbocycles. The zero-order valence-electron chi connectivity index (χ0n) is 11.2. The van der Waals surface area contributed by atoms with E-state index in [1.807, 2.05) is 6.92 Å². The second-order valence-corrected chi connectivity index (χ2v) is 4.75. The summed E-state index contributed by atoms with van der Waals surface area (Å²) in [5.41, 5.74) is -0.502. The smallest absolute Gasteiger partial charge is 0.310 e. The number of hydrogen-bond acceptors (Lipinski definition) is 4. The van der Waals surface area contributed by atoms with E-state index in [-0.39, 0.29) is 5.02 Å². The predicted octanol–water partition coefficient (Wildman–Crippen LogP) is 2.83. The van der Waals surface area contributed by atoms with E-state index in [9.17, 15) is 13.2 Å². The van der Waals surface area contributed by atoms with Crippen LogP contribution in [0.25, 0.3) is 5.69 Å². The van der Waals surface area contributed by atoms with Crippen molar-refractivity contribution in [3.8, 4) is 5.69 Å². The van der Waals surface area contributed by atoms with Crippen molar-refractivity contribution in [2.75, 3.05) is 6.54 Å². The third-order valence-electron chi connectivity index (χ3n) is 2.75. The Bertz CT molecular complexity index is 611. The first kappa shape index (κ1) is 15.7. The Kier molecular flexibility index (Phi) is 4.79. The van der Waals surface area contributed by atoms with Gasteiger partial charge in [0, 0.05) is 0 Å². The van der Waals surface area contributed by atoms with E-state index in [1.165, 1.54) is 10.7 Å². The second-order valence-electron chi connectivity index (χ2n) is 4.35. The van der Waals surface area contributed by atoms with Gasteiger partial charge in [-0.15, -0.1) is 5.10 Å². The number of hydrogen-bond donors (Lipinski definition) is 1. The zero-order chi connectivity index (χ0) is 15.5. The molecule has 0 aliphatic heterocycles. The Balaban J connectivity index is 2.29. The monoisotopic (exact) mass is 319 g/mol. The SMILES string of the molecule is CCCNCc1nnnn1-c1ccc(C(F)(F)F)cc1Cl. The number of benzene rings is 1. The van der Waals surface area contributed by atoms with Gasteiger partial charge in [0.15, 0.2) is 5.82 Å². The van der Waals surface area contributed by atoms with Gasteiger partial charge in [-0.25, -0.2) is 0 Å². The van der Waals surface area contributed by atoms with Crippen molar-refractivity contribution < 1.29 is 13.2 Å². The van der Waals surface area contributed by atoms with E-state index >= 15 is 0 Å². The van der Waals surface area contributed by atoms with Crippen LogP contribution in [0, 0.1) is 0 Å². The molecule has 0 aliphatic carbocycles. The number of alkyl halides is 3. The van der Waals surface area contributed by atoms with Crippen molar-refractivity contribution in [3.05, 3.63) is 34.6 Å². The van der Waals surface area contributed by atoms with Crippen molar-refractivity contribution in [2.24, 2.45) is 0 Å². The molecule has 1 aromatic heterocycles. The van der Waals surface area contributed by atoms with Crippen LogP contribution < -0.4 is 5.32 Å². The molecule has 0 aliphatic rings. The van der Waals surface area contributed by atoms with Gasteiger partial charge in [0.25, 0.3) is 0 Å². The fourth-order valence-corrected chi connectivity index (χ4v) is 2.00. The minimum Gasteiger partial charge on any atom is -0.310 e. The standard InChI is InChI=1S/C12H13ClF3N5/c1-2-5-17-7-11-18-19-20-21(11)10-4-3-8(6-9(10)13)12(14,15)16/h3-4,6,17H,2,5,7H2,1H3. The topological polar surface area (TPSA) is 55.6 Å². The molecule has 0 saturated heterocycles. The average Bonchev–Trinajstić information content (AvgIpc) is 2.86. The molecule has 0 amide bonds. The van der Waals surface area contributed by atoms with Crippen molar-refractivity contribution in [1.82, 2.24) is 25.5 Å². The minimum atomic E-state index is -4.44. The molecule has 0 fully saturated rings. The van der Waals surface area contributed by atoms with Gasteiger partial charge in [-0.1, -0.05) is 18.5 Å². The Labute approximate surface area is 124 Å². The molecule has 1 N–H and O–H groups in total. The molecule has 5 nitrogen and oxygen atoms in total. The van der Waals surface area contributed by atoms with Crippen LogP contribution in [0.5, 0.6) is 0 Å². The van der Waals surface area contributed by atoms with Gasteiger partial charge in [0.05, 0.1) is 22.8 Å². The largest absolute Gasteiger partial charge is 0.416 e. The number of aromatic nitrogens is 4. The molecule has 0 radical (unpaired) electrons. The van der Waals surface area contributed by atoms with E-state index in [4.69, 9.17) is 11.6 Å². The fourth-order valence-electron chi connectivity index (χ4n) is 1.74. The maximum absolute atomic E-state index is 12.6. The van der Waals surface area contributed by atoms with Gasteiger partial charge in [0.1, 0.15) is 0 Å². The molecule has 2 rings (SSSR count). The zero-order valence-corrected chi connectivity index (χ0v) is 11.9. The Morgan fingerprint density at radius 1 is 1.33 bits per heavy atom. The van der Waals surface area contributed by atoms with Crippen molar-refractivity contribution in [3.63, 3.8) is 0 Å². The lowest BCUT2D eigenvalue weighted by Gasteiger charge is -2.11. The van der Waals surface area contributed by atoms with Crippen LogP contribution in [0.3, 0.4) is 0 Å². The Morgan fingerprint density at radius 3 is 2.71 bits per heavy atom. The summed E-state index contributed by atoms with van der Waals surface area (Å²) in [6, 6.07) is 3.07. The van der Waals surface area contributed by atoms with Gasteiger partial charge in [-0.3, -0.25) is 0 Å². The van der Waals surface area contributed by atoms with Gasteiger partial charge < -0.3 is 5.32 Å². The summed E-state index contributed by atoms with van der Waals surface area (Å²) in [5, 5.41) is 14.2. The third kappa shape index (κ3) is 3.70. The lowest BCUT2D eigenvalue weighted by Crippen LogP contribution is -2.18. The van der Waals surface area contributed by atoms with Crippen LogP contribution in [-0.4, -0.2) is 26.8 Å². The molecule has 0 saturated carbocycles. The first-order valence-electron chi connectivity index (χ1n) is 6.28. The molecule has 0 unspecified atom stereocenters. The molecule has 0 atom stereocenters. The summed E-state index contributed by atoms with van der Waals surface area (Å²) in [5.74, 6) is 0.477. The van der Waals surface area contributed by atoms with E-state index < -0.39 is 11.7 Å². The van der Waals surface area contributed by atoms with E-state index in [0.29, 0.717) is 18.1 Å². The molecule has 2 aromatic rings. The summed E-state index contributed by atoms with van der Waals surface area (Å²) < 4.78 is 39.2. The van der Waals surface area contributed by atoms with Gasteiger partial charge in [0.2, 0.25) is 0 Å². The third-order valence-corrected chi connectivity index (χ3v) is 3.05. The minimum absolute atomic E-state index is 0.0612. The van der Waals surface area contributed by atoms with Crippen molar-refractivity contribution >= 4 is 11.6 Å². The van der Waals surface area contributed by atoms with Gasteiger partial charge >= 0.3 is 6.18 Å². The van der Waals surface area contributed by atoms with Crippen LogP contribution in [0.15, 0.2) is 18.2 Å². The summed E-state index contributed by atoms with van der Waals surface area (Å²) in [6.45, 7) is 3.20. The van der Waals surface area contributed by atoms with E-state index in [2.05, 4.69) is 20.8 Å². The molecular formula is C12H13ClF3N5. The van der Waals surface area contributed by atoms with Crippen LogP contribution in [-0.2, 0) is 12.7 Å². The van der Waals surface area contributed by atoms with Crippen LogP contribution in [0.4, 0.5) is 13.2 Å². The number of tetrazole rings is 1. The highest BCUT2D eigenvalue weighted by atomic mass is 35.5. The highest BCUT2D eigenvalue weighted by Crippen LogP contribution is 2.33. The number of nitrogens with zero attached hydrogens (tertiary/aromatic N) is 4.